The molecular formula is C17H23N3OS2. The number of nitrogens with zero attached hydrogens (tertiary/aromatic N) is 2. The van der Waals surface area contributed by atoms with Gasteiger partial charge in [-0.1, -0.05) is 17.8 Å². The molecule has 2 unspecified atom stereocenters. The van der Waals surface area contributed by atoms with Gasteiger partial charge in [0.1, 0.15) is 10.6 Å². The van der Waals surface area contributed by atoms with Gasteiger partial charge in [0, 0.05) is 16.7 Å². The lowest BCUT2D eigenvalue weighted by Gasteiger charge is -2.37. The van der Waals surface area contributed by atoms with E-state index in [-0.39, 0.29) is 6.61 Å². The van der Waals surface area contributed by atoms with Crippen molar-refractivity contribution in [1.29, 1.82) is 0 Å². The van der Waals surface area contributed by atoms with Crippen LogP contribution in [0.3, 0.4) is 0 Å². The minimum absolute atomic E-state index is 0.143. The first-order valence-electron chi connectivity index (χ1n) is 8.10. The van der Waals surface area contributed by atoms with E-state index in [0.29, 0.717) is 17.7 Å². The summed E-state index contributed by atoms with van der Waals surface area (Å²) in [6.07, 6.45) is 6.77. The lowest BCUT2D eigenvalue weighted by atomic mass is 9.76. The third-order valence-corrected chi connectivity index (χ3v) is 6.07. The van der Waals surface area contributed by atoms with E-state index in [1.807, 2.05) is 6.08 Å². The Kier molecular flexibility index (Phi) is 5.56. The van der Waals surface area contributed by atoms with E-state index in [9.17, 15) is 0 Å². The smallest absolute Gasteiger partial charge is 0.190 e. The number of rotatable bonds is 8. The largest absolute Gasteiger partial charge is 0.396 e. The SMILES string of the molecule is C=CCCC1CCC1Nc1nc(SCCO)nc2sc(C)cc12. The van der Waals surface area contributed by atoms with E-state index in [2.05, 4.69) is 29.9 Å². The molecule has 0 amide bonds. The molecule has 2 atom stereocenters. The summed E-state index contributed by atoms with van der Waals surface area (Å²) in [4.78, 5) is 11.6. The number of aliphatic hydroxyl groups excluding tert-OH is 1. The highest BCUT2D eigenvalue weighted by atomic mass is 32.2. The van der Waals surface area contributed by atoms with Gasteiger partial charge in [0.15, 0.2) is 5.16 Å². The van der Waals surface area contributed by atoms with Crippen molar-refractivity contribution in [3.05, 3.63) is 23.6 Å². The van der Waals surface area contributed by atoms with Gasteiger partial charge >= 0.3 is 0 Å². The van der Waals surface area contributed by atoms with Crippen LogP contribution in [0.5, 0.6) is 0 Å². The second-order valence-corrected chi connectivity index (χ2v) is 8.25. The van der Waals surface area contributed by atoms with Crippen LogP contribution in [0.1, 0.15) is 30.6 Å². The first kappa shape index (κ1) is 16.7. The lowest BCUT2D eigenvalue weighted by molar-refractivity contribution is 0.261. The average Bonchev–Trinajstić information content (AvgIpc) is 2.90. The predicted octanol–water partition coefficient (Wildman–Crippen LogP) is 4.24. The van der Waals surface area contributed by atoms with Crippen LogP contribution in [0, 0.1) is 12.8 Å². The molecule has 2 heterocycles. The molecule has 124 valence electrons. The van der Waals surface area contributed by atoms with Gasteiger partial charge in [0.25, 0.3) is 0 Å². The summed E-state index contributed by atoms with van der Waals surface area (Å²) in [6, 6.07) is 2.67. The third kappa shape index (κ3) is 3.87. The molecule has 3 rings (SSSR count). The number of allylic oxidation sites excluding steroid dienone is 1. The van der Waals surface area contributed by atoms with Gasteiger partial charge < -0.3 is 10.4 Å². The van der Waals surface area contributed by atoms with Crippen LogP contribution in [0.25, 0.3) is 10.2 Å². The van der Waals surface area contributed by atoms with Crippen LogP contribution in [-0.4, -0.2) is 33.5 Å². The first-order chi connectivity index (χ1) is 11.2. The Labute approximate surface area is 145 Å². The van der Waals surface area contributed by atoms with Crippen molar-refractivity contribution >= 4 is 39.1 Å². The van der Waals surface area contributed by atoms with E-state index in [4.69, 9.17) is 10.1 Å². The summed E-state index contributed by atoms with van der Waals surface area (Å²) in [5.74, 6) is 2.29. The molecule has 1 saturated carbocycles. The molecule has 2 aromatic heterocycles. The van der Waals surface area contributed by atoms with Crippen LogP contribution in [-0.2, 0) is 0 Å². The van der Waals surface area contributed by atoms with E-state index in [0.717, 1.165) is 27.6 Å². The number of aliphatic hydroxyl groups is 1. The summed E-state index contributed by atoms with van der Waals surface area (Å²) in [5, 5.41) is 14.6. The summed E-state index contributed by atoms with van der Waals surface area (Å²) in [7, 11) is 0. The van der Waals surface area contributed by atoms with Crippen molar-refractivity contribution in [1.82, 2.24) is 9.97 Å². The number of fused-ring (bicyclic) bond motifs is 1. The van der Waals surface area contributed by atoms with Gasteiger partial charge in [-0.2, -0.15) is 0 Å². The molecule has 1 aliphatic rings. The van der Waals surface area contributed by atoms with E-state index >= 15 is 0 Å². The normalized spacial score (nSPS) is 20.4. The van der Waals surface area contributed by atoms with Gasteiger partial charge in [-0.25, -0.2) is 9.97 Å². The Morgan fingerprint density at radius 3 is 3.04 bits per heavy atom. The molecule has 0 aliphatic heterocycles. The molecule has 2 N–H and O–H groups in total. The van der Waals surface area contributed by atoms with E-state index < -0.39 is 0 Å². The van der Waals surface area contributed by atoms with Gasteiger partial charge in [0.05, 0.1) is 12.0 Å². The zero-order valence-electron chi connectivity index (χ0n) is 13.4. The van der Waals surface area contributed by atoms with Crippen molar-refractivity contribution < 1.29 is 5.11 Å². The van der Waals surface area contributed by atoms with Crippen molar-refractivity contribution in [2.45, 2.75) is 43.8 Å². The molecule has 6 heteroatoms. The standard InChI is InChI=1S/C17H23N3OS2/c1-3-4-5-12-6-7-14(12)18-15-13-10-11(2)23-16(13)20-17(19-15)22-9-8-21/h3,10,12,14,21H,1,4-9H2,2H3,(H,18,19,20). The van der Waals surface area contributed by atoms with Gasteiger partial charge in [0.2, 0.25) is 0 Å². The third-order valence-electron chi connectivity index (χ3n) is 4.30. The Bertz CT molecular complexity index is 686. The number of thiophene rings is 1. The van der Waals surface area contributed by atoms with Gasteiger partial charge in [-0.3, -0.25) is 0 Å². The summed E-state index contributed by atoms with van der Waals surface area (Å²) < 4.78 is 0. The second kappa shape index (κ2) is 7.64. The van der Waals surface area contributed by atoms with Crippen molar-refractivity contribution in [3.63, 3.8) is 0 Å². The van der Waals surface area contributed by atoms with Crippen LogP contribution < -0.4 is 5.32 Å². The lowest BCUT2D eigenvalue weighted by Crippen LogP contribution is -2.38. The highest BCUT2D eigenvalue weighted by Crippen LogP contribution is 2.37. The van der Waals surface area contributed by atoms with Crippen molar-refractivity contribution in [3.8, 4) is 0 Å². The number of anilines is 1. The topological polar surface area (TPSA) is 58.0 Å². The monoisotopic (exact) mass is 349 g/mol. The predicted molar refractivity (Wildman–Crippen MR) is 99.5 cm³/mol. The number of nitrogens with one attached hydrogen (secondary N) is 1. The number of aryl methyl sites for hydroxylation is 1. The van der Waals surface area contributed by atoms with Crippen molar-refractivity contribution in [2.24, 2.45) is 5.92 Å². The van der Waals surface area contributed by atoms with E-state index in [1.54, 1.807) is 11.3 Å². The fraction of sp³-hybridized carbons (Fsp3) is 0.529. The van der Waals surface area contributed by atoms with Crippen LogP contribution in [0.15, 0.2) is 23.9 Å². The van der Waals surface area contributed by atoms with Crippen LogP contribution >= 0.6 is 23.1 Å². The highest BCUT2D eigenvalue weighted by Gasteiger charge is 2.30. The van der Waals surface area contributed by atoms with Crippen molar-refractivity contribution in [2.75, 3.05) is 17.7 Å². The maximum Gasteiger partial charge on any atom is 0.190 e. The highest BCUT2D eigenvalue weighted by molar-refractivity contribution is 7.99. The molecule has 23 heavy (non-hydrogen) atoms. The Morgan fingerprint density at radius 2 is 2.35 bits per heavy atom. The zero-order chi connectivity index (χ0) is 16.2. The fourth-order valence-electron chi connectivity index (χ4n) is 2.95. The minimum Gasteiger partial charge on any atom is -0.396 e. The quantitative estimate of drug-likeness (QED) is 0.424. The Hall–Kier alpha value is -1.11. The molecule has 4 nitrogen and oxygen atoms in total. The molecular weight excluding hydrogens is 326 g/mol. The number of aromatic nitrogens is 2. The van der Waals surface area contributed by atoms with Gasteiger partial charge in [-0.05, 0) is 44.6 Å². The van der Waals surface area contributed by atoms with Gasteiger partial charge in [-0.15, -0.1) is 17.9 Å². The Morgan fingerprint density at radius 1 is 1.48 bits per heavy atom. The molecule has 0 aromatic carbocycles. The van der Waals surface area contributed by atoms with E-state index in [1.165, 1.54) is 35.9 Å². The second-order valence-electron chi connectivity index (χ2n) is 5.96. The maximum atomic E-state index is 9.03. The minimum atomic E-state index is 0.143. The molecule has 0 saturated heterocycles. The fourth-order valence-corrected chi connectivity index (χ4v) is 4.47. The van der Waals surface area contributed by atoms with Crippen LogP contribution in [0.2, 0.25) is 0 Å². The summed E-state index contributed by atoms with van der Waals surface area (Å²) in [5.41, 5.74) is 0. The molecule has 0 bridgehead atoms. The first-order valence-corrected chi connectivity index (χ1v) is 9.90. The number of hydrogen-bond donors (Lipinski definition) is 2. The molecule has 1 fully saturated rings. The molecule has 0 radical (unpaired) electrons. The maximum absolute atomic E-state index is 9.03. The molecule has 2 aromatic rings. The average molecular weight is 350 g/mol. The Balaban J connectivity index is 1.81. The molecule has 1 aliphatic carbocycles. The summed E-state index contributed by atoms with van der Waals surface area (Å²) >= 11 is 3.21. The number of hydrogen-bond acceptors (Lipinski definition) is 6. The zero-order valence-corrected chi connectivity index (χ0v) is 15.1. The summed E-state index contributed by atoms with van der Waals surface area (Å²) in [6.45, 7) is 6.07. The van der Waals surface area contributed by atoms with Crippen LogP contribution in [0.4, 0.5) is 5.82 Å². The molecule has 0 spiro atoms. The number of thioether (sulfide) groups is 1.